The van der Waals surface area contributed by atoms with E-state index >= 15 is 0 Å². The molecule has 78 valence electrons. The number of benzene rings is 1. The molecule has 1 aromatic carbocycles. The van der Waals surface area contributed by atoms with Crippen LogP contribution < -0.4 is 0 Å². The molecule has 0 N–H and O–H groups in total. The molecule has 0 fully saturated rings. The lowest BCUT2D eigenvalue weighted by molar-refractivity contribution is 0.622. The molecule has 2 aromatic rings. The van der Waals surface area contributed by atoms with Crippen molar-refractivity contribution in [1.82, 2.24) is 4.57 Å². The fourth-order valence-corrected chi connectivity index (χ4v) is 3.09. The van der Waals surface area contributed by atoms with Gasteiger partial charge in [0.2, 0.25) is 0 Å². The smallest absolute Gasteiger partial charge is 0.0518 e. The van der Waals surface area contributed by atoms with E-state index in [-0.39, 0.29) is 0 Å². The van der Waals surface area contributed by atoms with Gasteiger partial charge < -0.3 is 4.57 Å². The van der Waals surface area contributed by atoms with Crippen LogP contribution in [0.15, 0.2) is 18.2 Å². The standard InChI is InChI=1S/C13H14ClN/c1-9-12(8-14)11-6-2-4-10-5-3-7-15(9)13(10)11/h2,4,6H,3,5,7-8H2,1H3. The zero-order valence-electron chi connectivity index (χ0n) is 8.89. The van der Waals surface area contributed by atoms with Crippen LogP contribution in [0.1, 0.15) is 23.2 Å². The number of para-hydroxylation sites is 1. The molecule has 2 heterocycles. The van der Waals surface area contributed by atoms with E-state index in [9.17, 15) is 0 Å². The monoisotopic (exact) mass is 219 g/mol. The molecule has 0 radical (unpaired) electrons. The van der Waals surface area contributed by atoms with Gasteiger partial charge in [-0.15, -0.1) is 11.6 Å². The topological polar surface area (TPSA) is 4.93 Å². The molecule has 0 aliphatic carbocycles. The lowest BCUT2D eigenvalue weighted by Crippen LogP contribution is -2.08. The predicted octanol–water partition coefficient (Wildman–Crippen LogP) is 3.63. The van der Waals surface area contributed by atoms with E-state index in [1.165, 1.54) is 40.6 Å². The highest BCUT2D eigenvalue weighted by molar-refractivity contribution is 6.18. The number of halogens is 1. The van der Waals surface area contributed by atoms with E-state index in [1.54, 1.807) is 0 Å². The van der Waals surface area contributed by atoms with Crippen molar-refractivity contribution in [2.45, 2.75) is 32.2 Å². The Kier molecular flexibility index (Phi) is 2.03. The third-order valence-electron chi connectivity index (χ3n) is 3.52. The van der Waals surface area contributed by atoms with Gasteiger partial charge in [0.05, 0.1) is 5.52 Å². The Bertz CT molecular complexity index is 525. The first-order valence-electron chi connectivity index (χ1n) is 5.48. The summed E-state index contributed by atoms with van der Waals surface area (Å²) >= 11 is 6.04. The van der Waals surface area contributed by atoms with E-state index in [2.05, 4.69) is 29.7 Å². The third-order valence-corrected chi connectivity index (χ3v) is 3.78. The van der Waals surface area contributed by atoms with E-state index in [1.807, 2.05) is 0 Å². The number of alkyl halides is 1. The Balaban J connectivity index is 2.48. The number of nitrogens with zero attached hydrogens (tertiary/aromatic N) is 1. The molecule has 0 saturated carbocycles. The summed E-state index contributed by atoms with van der Waals surface area (Å²) in [6.07, 6.45) is 2.46. The second kappa shape index (κ2) is 3.28. The molecule has 1 aliphatic rings. The quantitative estimate of drug-likeness (QED) is 0.646. The minimum Gasteiger partial charge on any atom is -0.344 e. The molecule has 15 heavy (non-hydrogen) atoms. The van der Waals surface area contributed by atoms with Gasteiger partial charge in [0.15, 0.2) is 0 Å². The van der Waals surface area contributed by atoms with Crippen LogP contribution in [0.5, 0.6) is 0 Å². The van der Waals surface area contributed by atoms with Crippen LogP contribution in [0, 0.1) is 6.92 Å². The maximum atomic E-state index is 6.04. The molecule has 0 unspecified atom stereocenters. The lowest BCUT2D eigenvalue weighted by atomic mass is 10.0. The third kappa shape index (κ3) is 1.16. The number of hydrogen-bond acceptors (Lipinski definition) is 0. The zero-order valence-corrected chi connectivity index (χ0v) is 9.64. The maximum Gasteiger partial charge on any atom is 0.0518 e. The lowest BCUT2D eigenvalue weighted by Gasteiger charge is -2.16. The van der Waals surface area contributed by atoms with Crippen LogP contribution in [-0.4, -0.2) is 4.57 Å². The highest BCUT2D eigenvalue weighted by Gasteiger charge is 2.18. The van der Waals surface area contributed by atoms with Gasteiger partial charge in [-0.3, -0.25) is 0 Å². The van der Waals surface area contributed by atoms with Gasteiger partial charge in [0.25, 0.3) is 0 Å². The Hall–Kier alpha value is -0.950. The van der Waals surface area contributed by atoms with Gasteiger partial charge in [0.1, 0.15) is 0 Å². The first kappa shape index (κ1) is 9.29. The first-order valence-corrected chi connectivity index (χ1v) is 6.02. The summed E-state index contributed by atoms with van der Waals surface area (Å²) < 4.78 is 2.44. The summed E-state index contributed by atoms with van der Waals surface area (Å²) in [4.78, 5) is 0. The molecule has 1 nitrogen and oxygen atoms in total. The molecular weight excluding hydrogens is 206 g/mol. The highest BCUT2D eigenvalue weighted by atomic mass is 35.5. The van der Waals surface area contributed by atoms with Crippen molar-refractivity contribution in [1.29, 1.82) is 0 Å². The largest absolute Gasteiger partial charge is 0.344 e. The van der Waals surface area contributed by atoms with Gasteiger partial charge in [-0.2, -0.15) is 0 Å². The molecule has 1 aliphatic heterocycles. The van der Waals surface area contributed by atoms with Gasteiger partial charge in [-0.05, 0) is 30.9 Å². The number of rotatable bonds is 1. The molecule has 0 spiro atoms. The normalized spacial score (nSPS) is 14.8. The summed E-state index contributed by atoms with van der Waals surface area (Å²) in [6.45, 7) is 3.34. The van der Waals surface area contributed by atoms with Gasteiger partial charge in [-0.25, -0.2) is 0 Å². The van der Waals surface area contributed by atoms with Gasteiger partial charge in [0, 0.05) is 23.5 Å². The molecule has 1 aromatic heterocycles. The van der Waals surface area contributed by atoms with Crippen molar-refractivity contribution in [2.75, 3.05) is 0 Å². The summed E-state index contributed by atoms with van der Waals surface area (Å²) in [5, 5.41) is 1.36. The summed E-state index contributed by atoms with van der Waals surface area (Å²) in [7, 11) is 0. The molecule has 3 rings (SSSR count). The van der Waals surface area contributed by atoms with Crippen molar-refractivity contribution < 1.29 is 0 Å². The van der Waals surface area contributed by atoms with Crippen molar-refractivity contribution in [2.24, 2.45) is 0 Å². The van der Waals surface area contributed by atoms with E-state index < -0.39 is 0 Å². The average molecular weight is 220 g/mol. The fraction of sp³-hybridized carbons (Fsp3) is 0.385. The first-order chi connectivity index (χ1) is 7.33. The SMILES string of the molecule is Cc1c(CCl)c2cccc3c2n1CCC3. The van der Waals surface area contributed by atoms with E-state index in [0.29, 0.717) is 5.88 Å². The maximum absolute atomic E-state index is 6.04. The Morgan fingerprint density at radius 1 is 1.40 bits per heavy atom. The molecule has 0 amide bonds. The van der Waals surface area contributed by atoms with E-state index in [4.69, 9.17) is 11.6 Å². The molecule has 0 atom stereocenters. The summed E-state index contributed by atoms with van der Waals surface area (Å²) in [5.74, 6) is 0.624. The zero-order chi connectivity index (χ0) is 10.4. The Morgan fingerprint density at radius 2 is 2.27 bits per heavy atom. The van der Waals surface area contributed by atoms with Crippen LogP contribution in [0.25, 0.3) is 10.9 Å². The number of hydrogen-bond donors (Lipinski definition) is 0. The van der Waals surface area contributed by atoms with Crippen molar-refractivity contribution in [3.63, 3.8) is 0 Å². The second-order valence-electron chi connectivity index (χ2n) is 4.27. The van der Waals surface area contributed by atoms with Crippen LogP contribution in [0.3, 0.4) is 0 Å². The number of aryl methyl sites for hydroxylation is 2. The highest BCUT2D eigenvalue weighted by Crippen LogP contribution is 2.33. The summed E-state index contributed by atoms with van der Waals surface area (Å²) in [6, 6.07) is 6.60. The molecule has 0 saturated heterocycles. The fourth-order valence-electron chi connectivity index (χ4n) is 2.76. The number of aromatic nitrogens is 1. The van der Waals surface area contributed by atoms with Crippen molar-refractivity contribution in [3.05, 3.63) is 35.0 Å². The molecular formula is C13H14ClN. The predicted molar refractivity (Wildman–Crippen MR) is 64.6 cm³/mol. The Labute approximate surface area is 94.7 Å². The molecule has 0 bridgehead atoms. The minimum absolute atomic E-state index is 0.624. The van der Waals surface area contributed by atoms with E-state index in [0.717, 1.165) is 6.54 Å². The minimum atomic E-state index is 0.624. The van der Waals surface area contributed by atoms with Crippen LogP contribution in [0.4, 0.5) is 0 Å². The van der Waals surface area contributed by atoms with Crippen LogP contribution in [0.2, 0.25) is 0 Å². The van der Waals surface area contributed by atoms with Gasteiger partial charge in [-0.1, -0.05) is 18.2 Å². The summed E-state index contributed by atoms with van der Waals surface area (Å²) in [5.41, 5.74) is 5.58. The van der Waals surface area contributed by atoms with Crippen molar-refractivity contribution in [3.8, 4) is 0 Å². The Morgan fingerprint density at radius 3 is 3.07 bits per heavy atom. The average Bonchev–Trinajstić information content (AvgIpc) is 2.55. The van der Waals surface area contributed by atoms with Crippen LogP contribution in [-0.2, 0) is 18.8 Å². The van der Waals surface area contributed by atoms with Crippen LogP contribution >= 0.6 is 11.6 Å². The van der Waals surface area contributed by atoms with Crippen molar-refractivity contribution >= 4 is 22.5 Å². The van der Waals surface area contributed by atoms with Gasteiger partial charge >= 0.3 is 0 Å². The second-order valence-corrected chi connectivity index (χ2v) is 4.53. The molecule has 2 heteroatoms.